The summed E-state index contributed by atoms with van der Waals surface area (Å²) in [7, 11) is 3.52. The fourth-order valence-electron chi connectivity index (χ4n) is 3.70. The van der Waals surface area contributed by atoms with Crippen LogP contribution in [-0.2, 0) is 11.3 Å². The number of methoxy groups -OCH3 is 1. The first-order chi connectivity index (χ1) is 13.6. The van der Waals surface area contributed by atoms with Gasteiger partial charge < -0.3 is 24.7 Å². The molecule has 0 spiro atoms. The molecular formula is C21H32FIN4O2. The Hall–Kier alpha value is -1.39. The first-order valence-corrected chi connectivity index (χ1v) is 9.96. The van der Waals surface area contributed by atoms with Crippen molar-refractivity contribution in [2.24, 2.45) is 4.99 Å². The van der Waals surface area contributed by atoms with E-state index in [4.69, 9.17) is 9.15 Å². The number of nitrogens with zero attached hydrogens (tertiary/aromatic N) is 2. The molecule has 1 aliphatic rings. The molecule has 2 aromatic rings. The van der Waals surface area contributed by atoms with Crippen LogP contribution in [0.5, 0.6) is 0 Å². The molecule has 1 aromatic heterocycles. The van der Waals surface area contributed by atoms with Gasteiger partial charge in [-0.25, -0.2) is 4.39 Å². The van der Waals surface area contributed by atoms with Crippen LogP contribution in [0.25, 0.3) is 11.0 Å². The molecular weight excluding hydrogens is 486 g/mol. The molecule has 1 fully saturated rings. The van der Waals surface area contributed by atoms with E-state index in [0.717, 1.165) is 68.2 Å². The summed E-state index contributed by atoms with van der Waals surface area (Å²) in [5.74, 6) is 1.32. The summed E-state index contributed by atoms with van der Waals surface area (Å²) >= 11 is 0. The van der Waals surface area contributed by atoms with Gasteiger partial charge in [0.25, 0.3) is 0 Å². The van der Waals surface area contributed by atoms with Crippen LogP contribution < -0.4 is 10.6 Å². The highest BCUT2D eigenvalue weighted by Gasteiger charge is 2.20. The second kappa shape index (κ2) is 11.7. The Balaban J connectivity index is 0.00000300. The summed E-state index contributed by atoms with van der Waals surface area (Å²) < 4.78 is 24.5. The van der Waals surface area contributed by atoms with Gasteiger partial charge >= 0.3 is 0 Å². The number of aliphatic imine (C=N–C) groups is 1. The molecule has 2 N–H and O–H groups in total. The number of benzene rings is 1. The third-order valence-corrected chi connectivity index (χ3v) is 5.39. The van der Waals surface area contributed by atoms with Crippen LogP contribution in [0.15, 0.2) is 27.6 Å². The van der Waals surface area contributed by atoms with Crippen LogP contribution in [0.1, 0.15) is 30.6 Å². The van der Waals surface area contributed by atoms with Gasteiger partial charge in [0.05, 0.1) is 6.54 Å². The van der Waals surface area contributed by atoms with Crippen molar-refractivity contribution in [2.75, 3.05) is 40.4 Å². The largest absolute Gasteiger partial charge is 0.459 e. The van der Waals surface area contributed by atoms with E-state index in [1.54, 1.807) is 20.2 Å². The number of aryl methyl sites for hydroxylation is 1. The average molecular weight is 518 g/mol. The Kier molecular flexibility index (Phi) is 9.64. The molecule has 0 unspecified atom stereocenters. The molecule has 0 amide bonds. The Bertz CT molecular complexity index is 803. The van der Waals surface area contributed by atoms with Gasteiger partial charge in [0.15, 0.2) is 5.96 Å². The fraction of sp³-hybridized carbons (Fsp3) is 0.571. The third-order valence-electron chi connectivity index (χ3n) is 5.39. The number of nitrogens with one attached hydrogen (secondary N) is 2. The molecule has 0 atom stereocenters. The molecule has 6 nitrogen and oxygen atoms in total. The van der Waals surface area contributed by atoms with Crippen molar-refractivity contribution in [2.45, 2.75) is 38.8 Å². The summed E-state index contributed by atoms with van der Waals surface area (Å²) in [5, 5.41) is 7.66. The SMILES string of the molecule is CN=C(NCc1oc2ccc(F)cc2c1C)NC1CCN(CCCOC)CC1.I. The smallest absolute Gasteiger partial charge is 0.191 e. The van der Waals surface area contributed by atoms with Crippen LogP contribution in [0, 0.1) is 12.7 Å². The topological polar surface area (TPSA) is 62.0 Å². The number of furan rings is 1. The Labute approximate surface area is 189 Å². The number of hydrogen-bond donors (Lipinski definition) is 2. The van der Waals surface area contributed by atoms with Crippen molar-refractivity contribution in [3.63, 3.8) is 0 Å². The lowest BCUT2D eigenvalue weighted by Gasteiger charge is -2.33. The van der Waals surface area contributed by atoms with E-state index in [0.29, 0.717) is 18.2 Å². The van der Waals surface area contributed by atoms with Crippen molar-refractivity contribution < 1.29 is 13.5 Å². The van der Waals surface area contributed by atoms with Gasteiger partial charge in [0.2, 0.25) is 0 Å². The van der Waals surface area contributed by atoms with Gasteiger partial charge in [0.1, 0.15) is 17.2 Å². The number of piperidine rings is 1. The van der Waals surface area contributed by atoms with Gasteiger partial charge in [-0.15, -0.1) is 24.0 Å². The van der Waals surface area contributed by atoms with Crippen LogP contribution >= 0.6 is 24.0 Å². The molecule has 162 valence electrons. The van der Waals surface area contributed by atoms with Gasteiger partial charge in [-0.05, 0) is 44.4 Å². The standard InChI is InChI=1S/C21H31FN4O2.HI/c1-15-18-13-16(22)5-6-19(18)28-20(15)14-24-21(23-2)25-17-7-10-26(11-8-17)9-4-12-27-3;/h5-6,13,17H,4,7-12,14H2,1-3H3,(H2,23,24,25);1H. The van der Waals surface area contributed by atoms with Crippen LogP contribution in [0.4, 0.5) is 4.39 Å². The highest BCUT2D eigenvalue weighted by molar-refractivity contribution is 14.0. The second-order valence-corrected chi connectivity index (χ2v) is 7.32. The molecule has 0 radical (unpaired) electrons. The number of rotatable bonds is 7. The number of ether oxygens (including phenoxy) is 1. The predicted molar refractivity (Wildman–Crippen MR) is 126 cm³/mol. The van der Waals surface area contributed by atoms with E-state index in [-0.39, 0.29) is 29.8 Å². The molecule has 3 rings (SSSR count). The highest BCUT2D eigenvalue weighted by Crippen LogP contribution is 2.25. The van der Waals surface area contributed by atoms with Crippen molar-refractivity contribution in [3.8, 4) is 0 Å². The van der Waals surface area contributed by atoms with Gasteiger partial charge in [-0.1, -0.05) is 0 Å². The number of guanidine groups is 1. The van der Waals surface area contributed by atoms with Crippen molar-refractivity contribution in [1.29, 1.82) is 0 Å². The van der Waals surface area contributed by atoms with Crippen LogP contribution in [0.2, 0.25) is 0 Å². The molecule has 1 saturated heterocycles. The van der Waals surface area contributed by atoms with Crippen LogP contribution in [0.3, 0.4) is 0 Å². The monoisotopic (exact) mass is 518 g/mol. The summed E-state index contributed by atoms with van der Waals surface area (Å²) in [6, 6.07) is 5.03. The number of likely N-dealkylation sites (tertiary alicyclic amines) is 1. The predicted octanol–water partition coefficient (Wildman–Crippen LogP) is 3.66. The minimum absolute atomic E-state index is 0. The summed E-state index contributed by atoms with van der Waals surface area (Å²) in [6.07, 6.45) is 3.27. The van der Waals surface area contributed by atoms with Gasteiger partial charge in [-0.2, -0.15) is 0 Å². The molecule has 1 aliphatic heterocycles. The molecule has 2 heterocycles. The lowest BCUT2D eigenvalue weighted by Crippen LogP contribution is -2.48. The van der Waals surface area contributed by atoms with E-state index in [1.165, 1.54) is 12.1 Å². The maximum absolute atomic E-state index is 13.5. The van der Waals surface area contributed by atoms with Gasteiger partial charge in [-0.3, -0.25) is 4.99 Å². The minimum Gasteiger partial charge on any atom is -0.459 e. The zero-order valence-electron chi connectivity index (χ0n) is 17.5. The normalized spacial score (nSPS) is 16.1. The zero-order chi connectivity index (χ0) is 19.9. The lowest BCUT2D eigenvalue weighted by molar-refractivity contribution is 0.155. The van der Waals surface area contributed by atoms with Crippen molar-refractivity contribution in [1.82, 2.24) is 15.5 Å². The van der Waals surface area contributed by atoms with Crippen molar-refractivity contribution >= 4 is 40.9 Å². The fourth-order valence-corrected chi connectivity index (χ4v) is 3.70. The Morgan fingerprint density at radius 1 is 1.34 bits per heavy atom. The number of fused-ring (bicyclic) bond motifs is 1. The van der Waals surface area contributed by atoms with E-state index in [1.807, 2.05) is 6.92 Å². The molecule has 0 bridgehead atoms. The number of halogens is 2. The zero-order valence-corrected chi connectivity index (χ0v) is 19.8. The van der Waals surface area contributed by atoms with Crippen LogP contribution in [-0.4, -0.2) is 57.3 Å². The average Bonchev–Trinajstić information content (AvgIpc) is 3.02. The highest BCUT2D eigenvalue weighted by atomic mass is 127. The third kappa shape index (κ3) is 6.55. The molecule has 29 heavy (non-hydrogen) atoms. The number of hydrogen-bond acceptors (Lipinski definition) is 4. The van der Waals surface area contributed by atoms with E-state index in [2.05, 4.69) is 20.5 Å². The van der Waals surface area contributed by atoms with Crippen molar-refractivity contribution in [3.05, 3.63) is 35.3 Å². The molecule has 0 aliphatic carbocycles. The molecule has 8 heteroatoms. The summed E-state index contributed by atoms with van der Waals surface area (Å²) in [4.78, 5) is 6.83. The Morgan fingerprint density at radius 3 is 2.79 bits per heavy atom. The Morgan fingerprint density at radius 2 is 2.10 bits per heavy atom. The molecule has 0 saturated carbocycles. The van der Waals surface area contributed by atoms with E-state index in [9.17, 15) is 4.39 Å². The molecule has 1 aromatic carbocycles. The minimum atomic E-state index is -0.248. The van der Waals surface area contributed by atoms with E-state index < -0.39 is 0 Å². The quantitative estimate of drug-likeness (QED) is 0.254. The first kappa shape index (κ1) is 23.9. The maximum Gasteiger partial charge on any atom is 0.191 e. The second-order valence-electron chi connectivity index (χ2n) is 7.32. The van der Waals surface area contributed by atoms with Gasteiger partial charge in [0, 0.05) is 57.4 Å². The lowest BCUT2D eigenvalue weighted by atomic mass is 10.1. The van der Waals surface area contributed by atoms with E-state index >= 15 is 0 Å². The first-order valence-electron chi connectivity index (χ1n) is 9.96. The maximum atomic E-state index is 13.5. The summed E-state index contributed by atoms with van der Waals surface area (Å²) in [5.41, 5.74) is 1.67. The summed E-state index contributed by atoms with van der Waals surface area (Å²) in [6.45, 7) is 6.57.